The van der Waals surface area contributed by atoms with Gasteiger partial charge in [-0.15, -0.1) is 0 Å². The number of benzene rings is 2. The molecule has 0 aliphatic rings. The van der Waals surface area contributed by atoms with Gasteiger partial charge in [-0.25, -0.2) is 0 Å². The van der Waals surface area contributed by atoms with Crippen LogP contribution in [0.1, 0.15) is 22.8 Å². The van der Waals surface area contributed by atoms with Crippen LogP contribution in [0.25, 0.3) is 0 Å². The minimum absolute atomic E-state index is 0.126. The summed E-state index contributed by atoms with van der Waals surface area (Å²) in [5, 5.41) is 2.92. The van der Waals surface area contributed by atoms with Gasteiger partial charge < -0.3 is 14.8 Å². The van der Waals surface area contributed by atoms with Crippen molar-refractivity contribution in [3.63, 3.8) is 0 Å². The Morgan fingerprint density at radius 2 is 1.73 bits per heavy atom. The third kappa shape index (κ3) is 4.01. The van der Waals surface area contributed by atoms with Crippen molar-refractivity contribution in [1.29, 1.82) is 0 Å². The van der Waals surface area contributed by atoms with E-state index < -0.39 is 0 Å². The molecule has 2 aromatic rings. The summed E-state index contributed by atoms with van der Waals surface area (Å²) in [6.07, 6.45) is 0.715. The van der Waals surface area contributed by atoms with Gasteiger partial charge in [0.25, 0.3) is 5.91 Å². The quantitative estimate of drug-likeness (QED) is 0.854. The van der Waals surface area contributed by atoms with E-state index in [1.807, 2.05) is 43.3 Å². The molecule has 0 aliphatic carbocycles. The van der Waals surface area contributed by atoms with Crippen LogP contribution in [-0.2, 0) is 6.42 Å². The van der Waals surface area contributed by atoms with E-state index in [0.717, 1.165) is 11.3 Å². The van der Waals surface area contributed by atoms with Gasteiger partial charge in [-0.1, -0.05) is 30.3 Å². The molecule has 0 unspecified atom stereocenters. The zero-order valence-corrected chi connectivity index (χ0v) is 13.0. The van der Waals surface area contributed by atoms with E-state index >= 15 is 0 Å². The second-order valence-electron chi connectivity index (χ2n) is 4.75. The average Bonchev–Trinajstić information content (AvgIpc) is 2.56. The van der Waals surface area contributed by atoms with Crippen molar-refractivity contribution in [3.8, 4) is 11.5 Å². The third-order valence-corrected chi connectivity index (χ3v) is 3.30. The Balaban J connectivity index is 1.96. The molecule has 0 spiro atoms. The van der Waals surface area contributed by atoms with E-state index in [-0.39, 0.29) is 5.91 Å². The summed E-state index contributed by atoms with van der Waals surface area (Å²) in [6.45, 7) is 2.97. The number of ether oxygens (including phenoxy) is 2. The molecular weight excluding hydrogens is 278 g/mol. The van der Waals surface area contributed by atoms with E-state index in [1.54, 1.807) is 19.2 Å². The Bertz CT molecular complexity index is 625. The molecule has 0 atom stereocenters. The fourth-order valence-corrected chi connectivity index (χ4v) is 2.25. The number of hydrogen-bond acceptors (Lipinski definition) is 3. The first kappa shape index (κ1) is 15.9. The highest BCUT2D eigenvalue weighted by molar-refractivity contribution is 5.96. The Morgan fingerprint density at radius 3 is 2.45 bits per heavy atom. The van der Waals surface area contributed by atoms with Gasteiger partial charge in [0.2, 0.25) is 0 Å². The highest BCUT2D eigenvalue weighted by Gasteiger charge is 2.11. The number of methoxy groups -OCH3 is 1. The maximum atomic E-state index is 12.3. The second-order valence-corrected chi connectivity index (χ2v) is 4.75. The van der Waals surface area contributed by atoms with Crippen LogP contribution in [0.15, 0.2) is 48.5 Å². The van der Waals surface area contributed by atoms with Crippen LogP contribution in [0.2, 0.25) is 0 Å². The van der Waals surface area contributed by atoms with Gasteiger partial charge in [-0.2, -0.15) is 0 Å². The maximum absolute atomic E-state index is 12.3. The Labute approximate surface area is 131 Å². The molecule has 116 valence electrons. The average molecular weight is 299 g/mol. The summed E-state index contributed by atoms with van der Waals surface area (Å²) >= 11 is 0. The topological polar surface area (TPSA) is 47.6 Å². The van der Waals surface area contributed by atoms with Crippen molar-refractivity contribution in [1.82, 2.24) is 5.32 Å². The van der Waals surface area contributed by atoms with Crippen molar-refractivity contribution >= 4 is 5.91 Å². The fourth-order valence-electron chi connectivity index (χ4n) is 2.25. The largest absolute Gasteiger partial charge is 0.496 e. The van der Waals surface area contributed by atoms with Gasteiger partial charge in [0.1, 0.15) is 11.5 Å². The zero-order chi connectivity index (χ0) is 15.8. The fraction of sp³-hybridized carbons (Fsp3) is 0.278. The summed E-state index contributed by atoms with van der Waals surface area (Å²) in [5.74, 6) is 1.32. The summed E-state index contributed by atoms with van der Waals surface area (Å²) in [6, 6.07) is 15.1. The summed E-state index contributed by atoms with van der Waals surface area (Å²) in [7, 11) is 1.65. The van der Waals surface area contributed by atoms with Gasteiger partial charge in [-0.05, 0) is 37.1 Å². The number of amides is 1. The molecule has 0 fully saturated rings. The van der Waals surface area contributed by atoms with Crippen molar-refractivity contribution in [3.05, 3.63) is 59.7 Å². The number of carbonyl (C=O) groups is 1. The van der Waals surface area contributed by atoms with Crippen LogP contribution in [0, 0.1) is 0 Å². The second kappa shape index (κ2) is 8.08. The van der Waals surface area contributed by atoms with Gasteiger partial charge in [0, 0.05) is 6.54 Å². The molecule has 0 heterocycles. The molecule has 1 amide bonds. The Morgan fingerprint density at radius 1 is 1.05 bits per heavy atom. The van der Waals surface area contributed by atoms with Crippen LogP contribution in [-0.4, -0.2) is 26.2 Å². The normalized spacial score (nSPS) is 10.1. The van der Waals surface area contributed by atoms with Crippen molar-refractivity contribution in [2.24, 2.45) is 0 Å². The maximum Gasteiger partial charge on any atom is 0.255 e. The lowest BCUT2D eigenvalue weighted by atomic mass is 10.1. The van der Waals surface area contributed by atoms with E-state index in [9.17, 15) is 4.79 Å². The minimum Gasteiger partial charge on any atom is -0.496 e. The van der Waals surface area contributed by atoms with Crippen LogP contribution >= 0.6 is 0 Å². The molecule has 4 nitrogen and oxygen atoms in total. The van der Waals surface area contributed by atoms with Crippen LogP contribution in [0.3, 0.4) is 0 Å². The number of carbonyl (C=O) groups excluding carboxylic acids is 1. The van der Waals surface area contributed by atoms with Gasteiger partial charge >= 0.3 is 0 Å². The van der Waals surface area contributed by atoms with E-state index in [4.69, 9.17) is 9.47 Å². The van der Waals surface area contributed by atoms with Crippen molar-refractivity contribution < 1.29 is 14.3 Å². The molecule has 0 aliphatic heterocycles. The lowest BCUT2D eigenvalue weighted by Crippen LogP contribution is -2.26. The SMILES string of the molecule is CCOc1ccccc1C(=O)NCCc1ccccc1OC. The first-order valence-electron chi connectivity index (χ1n) is 7.38. The molecule has 1 N–H and O–H groups in total. The predicted octanol–water partition coefficient (Wildman–Crippen LogP) is 3.07. The minimum atomic E-state index is -0.126. The van der Waals surface area contributed by atoms with Gasteiger partial charge in [0.05, 0.1) is 19.3 Å². The number of rotatable bonds is 7. The van der Waals surface area contributed by atoms with Gasteiger partial charge in [0.15, 0.2) is 0 Å². The standard InChI is InChI=1S/C18H21NO3/c1-3-22-17-11-7-5-9-15(17)18(20)19-13-12-14-8-4-6-10-16(14)21-2/h4-11H,3,12-13H2,1-2H3,(H,19,20). The van der Waals surface area contributed by atoms with E-state index in [1.165, 1.54) is 0 Å². The first-order valence-corrected chi connectivity index (χ1v) is 7.38. The Hall–Kier alpha value is -2.49. The van der Waals surface area contributed by atoms with Crippen LogP contribution in [0.4, 0.5) is 0 Å². The smallest absolute Gasteiger partial charge is 0.255 e. The molecule has 2 rings (SSSR count). The number of hydrogen-bond donors (Lipinski definition) is 1. The van der Waals surface area contributed by atoms with Gasteiger partial charge in [-0.3, -0.25) is 4.79 Å². The molecule has 0 bridgehead atoms. The highest BCUT2D eigenvalue weighted by atomic mass is 16.5. The zero-order valence-electron chi connectivity index (χ0n) is 13.0. The molecule has 0 radical (unpaired) electrons. The monoisotopic (exact) mass is 299 g/mol. The molecule has 0 saturated heterocycles. The van der Waals surface area contributed by atoms with Crippen molar-refractivity contribution in [2.45, 2.75) is 13.3 Å². The first-order chi connectivity index (χ1) is 10.8. The number of para-hydroxylation sites is 2. The molecular formula is C18H21NO3. The third-order valence-electron chi connectivity index (χ3n) is 3.30. The summed E-state index contributed by atoms with van der Waals surface area (Å²) in [4.78, 5) is 12.3. The summed E-state index contributed by atoms with van der Waals surface area (Å²) < 4.78 is 10.8. The molecule has 4 heteroatoms. The predicted molar refractivity (Wildman–Crippen MR) is 86.6 cm³/mol. The molecule has 2 aromatic carbocycles. The van der Waals surface area contributed by atoms with Crippen LogP contribution in [0.5, 0.6) is 11.5 Å². The summed E-state index contributed by atoms with van der Waals surface area (Å²) in [5.41, 5.74) is 1.63. The van der Waals surface area contributed by atoms with E-state index in [0.29, 0.717) is 30.9 Å². The lowest BCUT2D eigenvalue weighted by molar-refractivity contribution is 0.0950. The van der Waals surface area contributed by atoms with Crippen molar-refractivity contribution in [2.75, 3.05) is 20.3 Å². The molecule has 0 aromatic heterocycles. The highest BCUT2D eigenvalue weighted by Crippen LogP contribution is 2.19. The van der Waals surface area contributed by atoms with Crippen LogP contribution < -0.4 is 14.8 Å². The Kier molecular flexibility index (Phi) is 5.83. The lowest BCUT2D eigenvalue weighted by Gasteiger charge is -2.11. The molecule has 0 saturated carbocycles. The number of nitrogens with one attached hydrogen (secondary N) is 1. The van der Waals surface area contributed by atoms with E-state index in [2.05, 4.69) is 5.32 Å². The molecule has 22 heavy (non-hydrogen) atoms.